The molecule has 172 valence electrons. The van der Waals surface area contributed by atoms with Gasteiger partial charge in [0, 0.05) is 24.7 Å². The number of carbonyl (C=O) groups is 5. The molecule has 0 aromatic heterocycles. The summed E-state index contributed by atoms with van der Waals surface area (Å²) in [5.41, 5.74) is 5.51. The first-order valence-electron chi connectivity index (χ1n) is 10.5. The van der Waals surface area contributed by atoms with Gasteiger partial charge in [-0.1, -0.05) is 18.9 Å². The highest BCUT2D eigenvalue weighted by atomic mass is 35.5. The molecule has 3 N–H and O–H groups in total. The van der Waals surface area contributed by atoms with Crippen molar-refractivity contribution in [2.75, 3.05) is 19.7 Å². The summed E-state index contributed by atoms with van der Waals surface area (Å²) in [4.78, 5) is 62.5. The Hall–Kier alpha value is -2.98. The highest BCUT2D eigenvalue weighted by Crippen LogP contribution is 2.33. The van der Waals surface area contributed by atoms with Crippen molar-refractivity contribution >= 4 is 41.3 Å². The van der Waals surface area contributed by atoms with E-state index in [2.05, 4.69) is 5.32 Å². The Morgan fingerprint density at radius 1 is 1.16 bits per heavy atom. The Balaban J connectivity index is 1.64. The van der Waals surface area contributed by atoms with Gasteiger partial charge in [-0.15, -0.1) is 0 Å². The Bertz CT molecular complexity index is 937. The second-order valence-electron chi connectivity index (χ2n) is 7.60. The summed E-state index contributed by atoms with van der Waals surface area (Å²) in [6.07, 6.45) is 3.58. The largest absolute Gasteiger partial charge is 0.483 e. The third-order valence-electron chi connectivity index (χ3n) is 5.36. The number of piperidine rings is 1. The number of hydrogen-bond donors (Lipinski definition) is 2. The van der Waals surface area contributed by atoms with Crippen molar-refractivity contribution in [2.24, 2.45) is 5.73 Å². The van der Waals surface area contributed by atoms with E-state index < -0.39 is 42.2 Å². The van der Waals surface area contributed by atoms with E-state index in [0.29, 0.717) is 13.1 Å². The second kappa shape index (κ2) is 10.6. The molecule has 1 aromatic rings. The summed E-state index contributed by atoms with van der Waals surface area (Å²) < 4.78 is 6.56. The predicted molar refractivity (Wildman–Crippen MR) is 114 cm³/mol. The molecule has 5 amide bonds. The molecule has 1 unspecified atom stereocenters. The van der Waals surface area contributed by atoms with Gasteiger partial charge in [0.1, 0.15) is 11.8 Å². The fraction of sp³-hybridized carbons (Fsp3) is 0.476. The molecule has 1 aromatic carbocycles. The topological polar surface area (TPSA) is 139 Å². The van der Waals surface area contributed by atoms with E-state index >= 15 is 0 Å². The fourth-order valence-corrected chi connectivity index (χ4v) is 3.86. The van der Waals surface area contributed by atoms with Crippen LogP contribution < -0.4 is 15.8 Å². The fourth-order valence-electron chi connectivity index (χ4n) is 3.69. The number of nitrogens with one attached hydrogen (secondary N) is 1. The number of ether oxygens (including phenoxy) is 1. The number of benzene rings is 1. The lowest BCUT2D eigenvalue weighted by molar-refractivity contribution is -0.136. The number of unbranched alkanes of at least 4 members (excludes halogenated alkanes) is 3. The molecule has 3 rings (SSSR count). The van der Waals surface area contributed by atoms with Gasteiger partial charge in [0.05, 0.1) is 11.1 Å². The van der Waals surface area contributed by atoms with Gasteiger partial charge in [-0.3, -0.25) is 38.6 Å². The molecule has 0 saturated carbocycles. The van der Waals surface area contributed by atoms with E-state index in [-0.39, 0.29) is 29.7 Å². The number of amides is 5. The molecule has 1 saturated heterocycles. The average molecular weight is 465 g/mol. The average Bonchev–Trinajstić information content (AvgIpc) is 3.02. The zero-order valence-electron chi connectivity index (χ0n) is 17.5. The number of nitrogens with zero attached hydrogens (tertiary/aromatic N) is 2. The SMILES string of the molecule is NCCCCCCN(Cl)C(=O)COc1cccc2c1C(=O)N(C1CCC(=O)NC1=O)C2=O. The third kappa shape index (κ3) is 5.08. The number of imide groups is 2. The maximum atomic E-state index is 13.0. The Morgan fingerprint density at radius 3 is 2.62 bits per heavy atom. The molecule has 2 heterocycles. The summed E-state index contributed by atoms with van der Waals surface area (Å²) in [6.45, 7) is 0.561. The van der Waals surface area contributed by atoms with E-state index in [4.69, 9.17) is 22.2 Å². The lowest BCUT2D eigenvalue weighted by Gasteiger charge is -2.27. The molecule has 10 nitrogen and oxygen atoms in total. The molecule has 0 radical (unpaired) electrons. The van der Waals surface area contributed by atoms with Crippen LogP contribution in [0.15, 0.2) is 18.2 Å². The molecular formula is C21H25ClN4O6. The Morgan fingerprint density at radius 2 is 1.91 bits per heavy atom. The first-order valence-corrected chi connectivity index (χ1v) is 10.8. The van der Waals surface area contributed by atoms with Gasteiger partial charge < -0.3 is 10.5 Å². The minimum absolute atomic E-state index is 0.0158. The standard InChI is InChI=1S/C21H25ClN4O6/c22-25(11-4-2-1-3-10-23)17(28)12-32-15-7-5-6-13-18(15)21(31)26(20(13)30)14-8-9-16(27)24-19(14)29/h5-7,14H,1-4,8-12,23H2,(H,24,27,29). The van der Waals surface area contributed by atoms with Crippen LogP contribution >= 0.6 is 11.8 Å². The number of fused-ring (bicyclic) bond motifs is 1. The summed E-state index contributed by atoms with van der Waals surface area (Å²) in [6, 6.07) is 3.36. The smallest absolute Gasteiger partial charge is 0.274 e. The zero-order chi connectivity index (χ0) is 23.3. The molecular weight excluding hydrogens is 440 g/mol. The summed E-state index contributed by atoms with van der Waals surface area (Å²) in [7, 11) is 0. The molecule has 32 heavy (non-hydrogen) atoms. The van der Waals surface area contributed by atoms with Crippen LogP contribution in [0, 0.1) is 0 Å². The van der Waals surface area contributed by atoms with E-state index in [9.17, 15) is 24.0 Å². The van der Waals surface area contributed by atoms with Gasteiger partial charge in [0.2, 0.25) is 11.8 Å². The minimum atomic E-state index is -1.08. The maximum absolute atomic E-state index is 13.0. The maximum Gasteiger partial charge on any atom is 0.274 e. The Kier molecular flexibility index (Phi) is 7.81. The van der Waals surface area contributed by atoms with Crippen LogP contribution in [0.5, 0.6) is 5.75 Å². The first-order chi connectivity index (χ1) is 15.3. The molecule has 0 spiro atoms. The normalized spacial score (nSPS) is 17.9. The Labute approximate surface area is 190 Å². The highest BCUT2D eigenvalue weighted by Gasteiger charge is 2.46. The van der Waals surface area contributed by atoms with E-state index in [1.807, 2.05) is 0 Å². The number of nitrogens with two attached hydrogens (primary N) is 1. The first kappa shape index (κ1) is 23.7. The van der Waals surface area contributed by atoms with Crippen LogP contribution in [0.3, 0.4) is 0 Å². The van der Waals surface area contributed by atoms with Gasteiger partial charge in [0.15, 0.2) is 6.61 Å². The van der Waals surface area contributed by atoms with Gasteiger partial charge >= 0.3 is 0 Å². The second-order valence-corrected chi connectivity index (χ2v) is 8.01. The van der Waals surface area contributed by atoms with Gasteiger partial charge in [-0.25, -0.2) is 0 Å². The van der Waals surface area contributed by atoms with Crippen molar-refractivity contribution in [3.63, 3.8) is 0 Å². The van der Waals surface area contributed by atoms with Crippen LogP contribution in [0.4, 0.5) is 0 Å². The zero-order valence-corrected chi connectivity index (χ0v) is 18.2. The van der Waals surface area contributed by atoms with Crippen LogP contribution in [-0.2, 0) is 14.4 Å². The van der Waals surface area contributed by atoms with E-state index in [1.165, 1.54) is 18.2 Å². The lowest BCUT2D eigenvalue weighted by Crippen LogP contribution is -2.54. The number of hydrogen-bond acceptors (Lipinski definition) is 7. The van der Waals surface area contributed by atoms with Crippen molar-refractivity contribution < 1.29 is 28.7 Å². The summed E-state index contributed by atoms with van der Waals surface area (Å²) >= 11 is 6.01. The highest BCUT2D eigenvalue weighted by molar-refractivity contribution is 6.24. The quantitative estimate of drug-likeness (QED) is 0.298. The summed E-state index contributed by atoms with van der Waals surface area (Å²) in [5, 5.41) is 2.14. The van der Waals surface area contributed by atoms with Gasteiger partial charge in [-0.2, -0.15) is 0 Å². The van der Waals surface area contributed by atoms with Crippen LogP contribution in [0.2, 0.25) is 0 Å². The van der Waals surface area contributed by atoms with Crippen molar-refractivity contribution in [3.05, 3.63) is 29.3 Å². The monoisotopic (exact) mass is 464 g/mol. The van der Waals surface area contributed by atoms with Crippen LogP contribution in [-0.4, -0.2) is 64.6 Å². The van der Waals surface area contributed by atoms with E-state index in [1.54, 1.807) is 0 Å². The molecule has 1 atom stereocenters. The molecule has 1 fully saturated rings. The number of rotatable bonds is 10. The third-order valence-corrected chi connectivity index (χ3v) is 5.72. The van der Waals surface area contributed by atoms with Gasteiger partial charge in [-0.05, 0) is 37.9 Å². The van der Waals surface area contributed by atoms with Crippen molar-refractivity contribution in [1.29, 1.82) is 0 Å². The minimum Gasteiger partial charge on any atom is -0.483 e. The number of halogens is 1. The van der Waals surface area contributed by atoms with Crippen molar-refractivity contribution in [1.82, 2.24) is 14.6 Å². The lowest BCUT2D eigenvalue weighted by atomic mass is 10.0. The molecule has 0 aliphatic carbocycles. The molecule has 11 heteroatoms. The van der Waals surface area contributed by atoms with E-state index in [0.717, 1.165) is 35.0 Å². The van der Waals surface area contributed by atoms with Crippen LogP contribution in [0.25, 0.3) is 0 Å². The van der Waals surface area contributed by atoms with Crippen molar-refractivity contribution in [3.8, 4) is 5.75 Å². The molecule has 0 bridgehead atoms. The predicted octanol–water partition coefficient (Wildman–Crippen LogP) is 0.968. The molecule has 2 aliphatic rings. The van der Waals surface area contributed by atoms with Crippen molar-refractivity contribution in [2.45, 2.75) is 44.6 Å². The summed E-state index contributed by atoms with van der Waals surface area (Å²) in [5.74, 6) is -2.93. The van der Waals surface area contributed by atoms with Gasteiger partial charge in [0.25, 0.3) is 17.7 Å². The van der Waals surface area contributed by atoms with Crippen LogP contribution in [0.1, 0.15) is 59.2 Å². The molecule has 2 aliphatic heterocycles. The number of carbonyl (C=O) groups excluding carboxylic acids is 5.